The SMILES string of the molecule is CC(NC(=O)CN(c1ccc(C(C)(C)C)cc1)S(C)(=O)=O)c1ccc2c(c1)CCC2. The van der Waals surface area contributed by atoms with Crippen molar-refractivity contribution in [3.8, 4) is 0 Å². The highest BCUT2D eigenvalue weighted by molar-refractivity contribution is 7.92. The quantitative estimate of drug-likeness (QED) is 0.753. The fourth-order valence-electron chi connectivity index (χ4n) is 3.89. The zero-order valence-electron chi connectivity index (χ0n) is 18.5. The van der Waals surface area contributed by atoms with Crippen LogP contribution in [0.15, 0.2) is 42.5 Å². The Morgan fingerprint density at radius 2 is 1.70 bits per heavy atom. The highest BCUT2D eigenvalue weighted by atomic mass is 32.2. The minimum atomic E-state index is -3.60. The van der Waals surface area contributed by atoms with Crippen molar-refractivity contribution in [3.05, 3.63) is 64.7 Å². The Hall–Kier alpha value is -2.34. The fourth-order valence-corrected chi connectivity index (χ4v) is 4.75. The Balaban J connectivity index is 1.73. The number of hydrogen-bond donors (Lipinski definition) is 1. The third kappa shape index (κ3) is 5.22. The third-order valence-electron chi connectivity index (χ3n) is 5.71. The van der Waals surface area contributed by atoms with Crippen LogP contribution < -0.4 is 9.62 Å². The Morgan fingerprint density at radius 1 is 1.07 bits per heavy atom. The van der Waals surface area contributed by atoms with Crippen LogP contribution in [0.2, 0.25) is 0 Å². The molecule has 6 heteroatoms. The van der Waals surface area contributed by atoms with E-state index in [1.54, 1.807) is 12.1 Å². The van der Waals surface area contributed by atoms with E-state index >= 15 is 0 Å². The first-order chi connectivity index (χ1) is 13.9. The number of fused-ring (bicyclic) bond motifs is 1. The number of amides is 1. The summed E-state index contributed by atoms with van der Waals surface area (Å²) in [6.07, 6.45) is 4.50. The summed E-state index contributed by atoms with van der Waals surface area (Å²) in [7, 11) is -3.60. The van der Waals surface area contributed by atoms with Gasteiger partial charge in [0, 0.05) is 0 Å². The number of sulfonamides is 1. The van der Waals surface area contributed by atoms with E-state index in [4.69, 9.17) is 0 Å². The summed E-state index contributed by atoms with van der Waals surface area (Å²) in [6, 6.07) is 13.5. The van der Waals surface area contributed by atoms with Crippen molar-refractivity contribution >= 4 is 21.6 Å². The number of nitrogens with zero attached hydrogens (tertiary/aromatic N) is 1. The average Bonchev–Trinajstić information content (AvgIpc) is 3.12. The standard InChI is InChI=1S/C24H32N2O3S/c1-17(19-10-9-18-7-6-8-20(18)15-19)25-23(27)16-26(30(5,28)29)22-13-11-21(12-14-22)24(2,3)4/h9-15,17H,6-8,16H2,1-5H3,(H,25,27). The first-order valence-electron chi connectivity index (χ1n) is 10.4. The van der Waals surface area contributed by atoms with Crippen LogP contribution >= 0.6 is 0 Å². The Morgan fingerprint density at radius 3 is 2.30 bits per heavy atom. The molecule has 0 bridgehead atoms. The smallest absolute Gasteiger partial charge is 0.241 e. The van der Waals surface area contributed by atoms with Crippen LogP contribution in [-0.4, -0.2) is 27.1 Å². The van der Waals surface area contributed by atoms with Crippen LogP contribution in [0.25, 0.3) is 0 Å². The van der Waals surface area contributed by atoms with E-state index in [0.717, 1.165) is 34.5 Å². The van der Waals surface area contributed by atoms with E-state index in [1.807, 2.05) is 19.1 Å². The highest BCUT2D eigenvalue weighted by Gasteiger charge is 2.23. The molecule has 1 aliphatic carbocycles. The molecule has 0 saturated carbocycles. The van der Waals surface area contributed by atoms with Gasteiger partial charge in [-0.25, -0.2) is 8.42 Å². The lowest BCUT2D eigenvalue weighted by atomic mass is 9.87. The van der Waals surface area contributed by atoms with Gasteiger partial charge in [-0.1, -0.05) is 51.1 Å². The molecule has 0 saturated heterocycles. The third-order valence-corrected chi connectivity index (χ3v) is 6.85. The number of rotatable bonds is 6. The molecule has 2 aromatic rings. The average molecular weight is 429 g/mol. The second-order valence-electron chi connectivity index (χ2n) is 9.24. The van der Waals surface area contributed by atoms with Crippen molar-refractivity contribution in [2.45, 2.75) is 58.4 Å². The van der Waals surface area contributed by atoms with Crippen molar-refractivity contribution in [1.29, 1.82) is 0 Å². The van der Waals surface area contributed by atoms with Gasteiger partial charge in [0.15, 0.2) is 0 Å². The van der Waals surface area contributed by atoms with Gasteiger partial charge < -0.3 is 5.32 Å². The van der Waals surface area contributed by atoms with Crippen LogP contribution in [-0.2, 0) is 33.1 Å². The van der Waals surface area contributed by atoms with Crippen molar-refractivity contribution < 1.29 is 13.2 Å². The van der Waals surface area contributed by atoms with Crippen LogP contribution in [0.1, 0.15) is 62.4 Å². The Bertz CT molecular complexity index is 1020. The van der Waals surface area contributed by atoms with Crippen molar-refractivity contribution in [2.75, 3.05) is 17.1 Å². The number of anilines is 1. The van der Waals surface area contributed by atoms with E-state index in [0.29, 0.717) is 5.69 Å². The lowest BCUT2D eigenvalue weighted by molar-refractivity contribution is -0.120. The van der Waals surface area contributed by atoms with Crippen molar-refractivity contribution in [1.82, 2.24) is 5.32 Å². The Kier molecular flexibility index (Phi) is 6.27. The van der Waals surface area contributed by atoms with E-state index < -0.39 is 10.0 Å². The highest BCUT2D eigenvalue weighted by Crippen LogP contribution is 2.27. The van der Waals surface area contributed by atoms with Crippen molar-refractivity contribution in [3.63, 3.8) is 0 Å². The second-order valence-corrected chi connectivity index (χ2v) is 11.1. The number of carbonyl (C=O) groups excluding carboxylic acids is 1. The molecule has 0 radical (unpaired) electrons. The van der Waals surface area contributed by atoms with E-state index in [1.165, 1.54) is 17.5 Å². The topological polar surface area (TPSA) is 66.5 Å². The number of aryl methyl sites for hydroxylation is 2. The van der Waals surface area contributed by atoms with Gasteiger partial charge in [0.05, 0.1) is 18.0 Å². The van der Waals surface area contributed by atoms with Gasteiger partial charge in [0.1, 0.15) is 6.54 Å². The predicted octanol–water partition coefficient (Wildman–Crippen LogP) is 4.12. The maximum atomic E-state index is 12.7. The minimum absolute atomic E-state index is 0.0306. The molecule has 1 unspecified atom stereocenters. The molecular formula is C24H32N2O3S. The summed E-state index contributed by atoms with van der Waals surface area (Å²) in [5.74, 6) is -0.326. The normalized spacial score (nSPS) is 14.8. The van der Waals surface area contributed by atoms with Crippen LogP contribution in [0.4, 0.5) is 5.69 Å². The zero-order valence-corrected chi connectivity index (χ0v) is 19.3. The summed E-state index contributed by atoms with van der Waals surface area (Å²) >= 11 is 0. The van der Waals surface area contributed by atoms with Gasteiger partial charge in [0.2, 0.25) is 15.9 Å². The van der Waals surface area contributed by atoms with E-state index in [2.05, 4.69) is 44.3 Å². The van der Waals surface area contributed by atoms with E-state index in [9.17, 15) is 13.2 Å². The van der Waals surface area contributed by atoms with Crippen LogP contribution in [0, 0.1) is 0 Å². The largest absolute Gasteiger partial charge is 0.348 e. The molecule has 1 amide bonds. The molecule has 0 spiro atoms. The van der Waals surface area contributed by atoms with Gasteiger partial charge in [-0.2, -0.15) is 0 Å². The first-order valence-corrected chi connectivity index (χ1v) is 12.3. The van der Waals surface area contributed by atoms with Crippen LogP contribution in [0.5, 0.6) is 0 Å². The maximum Gasteiger partial charge on any atom is 0.241 e. The number of hydrogen-bond acceptors (Lipinski definition) is 3. The molecular weight excluding hydrogens is 396 g/mol. The molecule has 5 nitrogen and oxygen atoms in total. The fraction of sp³-hybridized carbons (Fsp3) is 0.458. The summed E-state index contributed by atoms with van der Waals surface area (Å²) in [6.45, 7) is 7.99. The molecule has 162 valence electrons. The van der Waals surface area contributed by atoms with Crippen LogP contribution in [0.3, 0.4) is 0 Å². The Labute approximate surface area is 180 Å². The molecule has 1 aliphatic rings. The number of nitrogens with one attached hydrogen (secondary N) is 1. The molecule has 0 heterocycles. The van der Waals surface area contributed by atoms with Gasteiger partial charge >= 0.3 is 0 Å². The van der Waals surface area contributed by atoms with Gasteiger partial charge in [-0.3, -0.25) is 9.10 Å². The van der Waals surface area contributed by atoms with Gasteiger partial charge in [-0.05, 0) is 66.0 Å². The van der Waals surface area contributed by atoms with Crippen molar-refractivity contribution in [2.24, 2.45) is 0 Å². The molecule has 2 aromatic carbocycles. The summed E-state index contributed by atoms with van der Waals surface area (Å²) in [5.41, 5.74) is 5.35. The summed E-state index contributed by atoms with van der Waals surface area (Å²) in [4.78, 5) is 12.7. The molecule has 30 heavy (non-hydrogen) atoms. The molecule has 3 rings (SSSR count). The summed E-state index contributed by atoms with van der Waals surface area (Å²) < 4.78 is 25.9. The molecule has 0 fully saturated rings. The van der Waals surface area contributed by atoms with Gasteiger partial charge in [0.25, 0.3) is 0 Å². The molecule has 1 N–H and O–H groups in total. The molecule has 0 aromatic heterocycles. The summed E-state index contributed by atoms with van der Waals surface area (Å²) in [5, 5.41) is 2.95. The monoisotopic (exact) mass is 428 g/mol. The maximum absolute atomic E-state index is 12.7. The molecule has 0 aliphatic heterocycles. The lowest BCUT2D eigenvalue weighted by Crippen LogP contribution is -2.41. The zero-order chi connectivity index (χ0) is 22.1. The predicted molar refractivity (Wildman–Crippen MR) is 122 cm³/mol. The first kappa shape index (κ1) is 22.3. The lowest BCUT2D eigenvalue weighted by Gasteiger charge is -2.25. The minimum Gasteiger partial charge on any atom is -0.348 e. The van der Waals surface area contributed by atoms with Gasteiger partial charge in [-0.15, -0.1) is 0 Å². The molecule has 1 atom stereocenters. The number of carbonyl (C=O) groups is 1. The van der Waals surface area contributed by atoms with E-state index in [-0.39, 0.29) is 23.9 Å². The number of benzene rings is 2. The second kappa shape index (κ2) is 8.42.